The number of rotatable bonds is 7. The summed E-state index contributed by atoms with van der Waals surface area (Å²) in [4.78, 5) is 13.9. The lowest BCUT2D eigenvalue weighted by molar-refractivity contribution is -0.163. The van der Waals surface area contributed by atoms with E-state index in [1.54, 1.807) is 0 Å². The second-order valence-corrected chi connectivity index (χ2v) is 11.6. The van der Waals surface area contributed by atoms with Gasteiger partial charge in [0.05, 0.1) is 5.60 Å². The maximum Gasteiger partial charge on any atom is 0.312 e. The Bertz CT molecular complexity index is 884. The predicted molar refractivity (Wildman–Crippen MR) is 131 cm³/mol. The van der Waals surface area contributed by atoms with Gasteiger partial charge in [0.1, 0.15) is 5.75 Å². The zero-order chi connectivity index (χ0) is 24.0. The number of aryl methyl sites for hydroxylation is 1. The van der Waals surface area contributed by atoms with Gasteiger partial charge in [0.25, 0.3) is 0 Å². The molecule has 1 saturated heterocycles. The Morgan fingerprint density at radius 2 is 1.97 bits per heavy atom. The van der Waals surface area contributed by atoms with Gasteiger partial charge in [-0.3, -0.25) is 4.90 Å². The number of nitrogens with one attached hydrogen (secondary N) is 1. The maximum atomic E-state index is 12.5. The van der Waals surface area contributed by atoms with Crippen molar-refractivity contribution in [3.05, 3.63) is 28.8 Å². The lowest BCUT2D eigenvalue weighted by Gasteiger charge is -2.62. The summed E-state index contributed by atoms with van der Waals surface area (Å²) in [6.45, 7) is 11.2. The number of aliphatic hydroxyl groups is 1. The molecule has 184 valence electrons. The van der Waals surface area contributed by atoms with Crippen LogP contribution in [0.15, 0.2) is 12.1 Å². The van der Waals surface area contributed by atoms with Crippen LogP contribution < -0.4 is 11.1 Å². The van der Waals surface area contributed by atoms with Gasteiger partial charge in [-0.25, -0.2) is 4.79 Å². The first kappa shape index (κ1) is 24.3. The van der Waals surface area contributed by atoms with E-state index in [2.05, 4.69) is 44.0 Å². The largest absolute Gasteiger partial charge is 0.508 e. The summed E-state index contributed by atoms with van der Waals surface area (Å²) in [6, 6.07) is 3.63. The van der Waals surface area contributed by atoms with Crippen molar-refractivity contribution in [1.82, 2.24) is 10.2 Å². The maximum absolute atomic E-state index is 12.5. The van der Waals surface area contributed by atoms with Crippen LogP contribution in [0.3, 0.4) is 0 Å². The van der Waals surface area contributed by atoms with E-state index in [4.69, 9.17) is 5.73 Å². The van der Waals surface area contributed by atoms with E-state index >= 15 is 0 Å². The number of aromatic hydroxyl groups is 1. The fraction of sp³-hybridized carbons (Fsp3) is 0.741. The van der Waals surface area contributed by atoms with Gasteiger partial charge in [-0.2, -0.15) is 0 Å². The average Bonchev–Trinajstić information content (AvgIpc) is 3.56. The minimum Gasteiger partial charge on any atom is -0.508 e. The van der Waals surface area contributed by atoms with E-state index in [1.165, 1.54) is 12.8 Å². The van der Waals surface area contributed by atoms with Crippen molar-refractivity contribution in [2.45, 2.75) is 89.7 Å². The molecule has 4 atom stereocenters. The molecule has 4 unspecified atom stereocenters. The molecule has 0 spiro atoms. The Morgan fingerprint density at radius 3 is 2.61 bits per heavy atom. The third kappa shape index (κ3) is 4.61. The second kappa shape index (κ2) is 9.10. The molecule has 1 heterocycles. The Hall–Kier alpha value is -1.79. The number of benzene rings is 1. The first-order valence-electron chi connectivity index (χ1n) is 12.9. The number of urea groups is 1. The second-order valence-electron chi connectivity index (χ2n) is 11.6. The fourth-order valence-corrected chi connectivity index (χ4v) is 6.85. The molecule has 1 aliphatic heterocycles. The lowest BCUT2D eigenvalue weighted by Crippen LogP contribution is -2.70. The van der Waals surface area contributed by atoms with Crippen molar-refractivity contribution < 1.29 is 15.0 Å². The number of amides is 2. The quantitative estimate of drug-likeness (QED) is 0.500. The highest BCUT2D eigenvalue weighted by atomic mass is 16.3. The van der Waals surface area contributed by atoms with Crippen molar-refractivity contribution in [2.24, 2.45) is 23.5 Å². The number of nitrogens with zero attached hydrogens (tertiary/aromatic N) is 1. The van der Waals surface area contributed by atoms with Gasteiger partial charge in [-0.05, 0) is 106 Å². The van der Waals surface area contributed by atoms with Crippen LogP contribution in [-0.4, -0.2) is 52.4 Å². The van der Waals surface area contributed by atoms with Crippen molar-refractivity contribution in [1.29, 1.82) is 0 Å². The summed E-state index contributed by atoms with van der Waals surface area (Å²) in [5.41, 5.74) is 7.25. The van der Waals surface area contributed by atoms with Crippen LogP contribution in [0.1, 0.15) is 76.0 Å². The monoisotopic (exact) mass is 457 g/mol. The minimum absolute atomic E-state index is 0.0498. The van der Waals surface area contributed by atoms with Crippen LogP contribution in [0, 0.1) is 24.7 Å². The van der Waals surface area contributed by atoms with Gasteiger partial charge in [0, 0.05) is 24.5 Å². The molecule has 4 rings (SSSR count). The first-order valence-corrected chi connectivity index (χ1v) is 12.9. The van der Waals surface area contributed by atoms with Crippen molar-refractivity contribution in [3.8, 4) is 5.75 Å². The zero-order valence-electron chi connectivity index (χ0n) is 20.9. The van der Waals surface area contributed by atoms with Crippen LogP contribution in [0.25, 0.3) is 0 Å². The number of carbonyl (C=O) groups excluding carboxylic acids is 1. The Kier molecular flexibility index (Phi) is 6.71. The molecule has 2 saturated carbocycles. The summed E-state index contributed by atoms with van der Waals surface area (Å²) >= 11 is 0. The first-order chi connectivity index (χ1) is 15.6. The van der Waals surface area contributed by atoms with Gasteiger partial charge < -0.3 is 21.3 Å². The van der Waals surface area contributed by atoms with Crippen LogP contribution in [0.2, 0.25) is 0 Å². The van der Waals surface area contributed by atoms with E-state index < -0.39 is 17.0 Å². The number of hydrogen-bond acceptors (Lipinski definition) is 4. The molecule has 0 bridgehead atoms. The van der Waals surface area contributed by atoms with Crippen molar-refractivity contribution in [3.63, 3.8) is 0 Å². The van der Waals surface area contributed by atoms with E-state index in [0.29, 0.717) is 24.6 Å². The van der Waals surface area contributed by atoms with Crippen LogP contribution >= 0.6 is 0 Å². The topological polar surface area (TPSA) is 98.8 Å². The molecule has 1 aromatic rings. The predicted octanol–water partition coefficient (Wildman–Crippen LogP) is 3.84. The molecule has 5 N–H and O–H groups in total. The van der Waals surface area contributed by atoms with Crippen LogP contribution in [-0.2, 0) is 11.8 Å². The third-order valence-electron chi connectivity index (χ3n) is 8.79. The van der Waals surface area contributed by atoms with Gasteiger partial charge in [-0.15, -0.1) is 0 Å². The number of phenols is 1. The fourth-order valence-electron chi connectivity index (χ4n) is 6.85. The van der Waals surface area contributed by atoms with Crippen molar-refractivity contribution >= 4 is 6.03 Å². The smallest absolute Gasteiger partial charge is 0.312 e. The standard InChI is InChI=1S/C27H43N3O3/c1-17(2)11-22-12-18(3)23(13-24(22)31)26-9-10-30(16-20-5-6-20)19(4)27(26,33)8-7-21(14-26)15-29-25(28)32/h12-13,17,19-21,31,33H,5-11,14-16H2,1-4H3,(H3,28,29,32). The summed E-state index contributed by atoms with van der Waals surface area (Å²) < 4.78 is 0. The molecule has 33 heavy (non-hydrogen) atoms. The lowest BCUT2D eigenvalue weighted by atomic mass is 9.51. The summed E-state index contributed by atoms with van der Waals surface area (Å²) in [5, 5.41) is 26.2. The highest BCUT2D eigenvalue weighted by molar-refractivity contribution is 5.71. The molecule has 6 heteroatoms. The number of hydrogen-bond donors (Lipinski definition) is 4. The number of fused-ring (bicyclic) bond motifs is 1. The molecule has 2 aliphatic carbocycles. The molecule has 0 radical (unpaired) electrons. The summed E-state index contributed by atoms with van der Waals surface area (Å²) in [5.74, 6) is 1.82. The van der Waals surface area contributed by atoms with Crippen molar-refractivity contribution in [2.75, 3.05) is 19.6 Å². The highest BCUT2D eigenvalue weighted by Crippen LogP contribution is 2.57. The number of phenolic OH excluding ortho intramolecular Hbond substituents is 1. The molecule has 2 amide bonds. The number of primary amides is 1. The Morgan fingerprint density at radius 1 is 1.24 bits per heavy atom. The molecule has 3 fully saturated rings. The molecule has 3 aliphatic rings. The normalized spacial score (nSPS) is 32.5. The number of piperidine rings is 1. The summed E-state index contributed by atoms with van der Waals surface area (Å²) in [6.07, 6.45) is 6.63. The highest BCUT2D eigenvalue weighted by Gasteiger charge is 2.61. The minimum atomic E-state index is -0.875. The number of likely N-dealkylation sites (tertiary alicyclic amines) is 1. The molecule has 1 aromatic carbocycles. The average molecular weight is 458 g/mol. The summed E-state index contributed by atoms with van der Waals surface area (Å²) in [7, 11) is 0. The van der Waals surface area contributed by atoms with Gasteiger partial charge in [0.15, 0.2) is 0 Å². The van der Waals surface area contributed by atoms with E-state index in [-0.39, 0.29) is 12.0 Å². The molecule has 6 nitrogen and oxygen atoms in total. The number of nitrogens with two attached hydrogens (primary N) is 1. The molecular formula is C27H43N3O3. The van der Waals surface area contributed by atoms with Crippen LogP contribution in [0.5, 0.6) is 5.75 Å². The van der Waals surface area contributed by atoms with Gasteiger partial charge in [-0.1, -0.05) is 19.9 Å². The SMILES string of the molecule is Cc1cc(CC(C)C)c(O)cc1C12CCN(CC3CC3)C(C)C1(O)CCC(CNC(N)=O)C2. The Balaban J connectivity index is 1.73. The molecular weight excluding hydrogens is 414 g/mol. The van der Waals surface area contributed by atoms with Gasteiger partial charge in [0.2, 0.25) is 0 Å². The van der Waals surface area contributed by atoms with Gasteiger partial charge >= 0.3 is 6.03 Å². The number of carbonyl (C=O) groups is 1. The van der Waals surface area contributed by atoms with E-state index in [9.17, 15) is 15.0 Å². The zero-order valence-corrected chi connectivity index (χ0v) is 20.9. The van der Waals surface area contributed by atoms with E-state index in [1.807, 2.05) is 6.07 Å². The third-order valence-corrected chi connectivity index (χ3v) is 8.79. The van der Waals surface area contributed by atoms with Crippen LogP contribution in [0.4, 0.5) is 4.79 Å². The Labute approximate surface area is 198 Å². The van der Waals surface area contributed by atoms with E-state index in [0.717, 1.165) is 61.4 Å². The molecule has 0 aromatic heterocycles.